The maximum Gasteiger partial charge on any atom is 0.253 e. The van der Waals surface area contributed by atoms with Crippen LogP contribution in [0.5, 0.6) is 0 Å². The predicted octanol–water partition coefficient (Wildman–Crippen LogP) is 3.46. The van der Waals surface area contributed by atoms with Crippen molar-refractivity contribution in [1.82, 2.24) is 5.32 Å². The maximum atomic E-state index is 13.9. The van der Waals surface area contributed by atoms with Gasteiger partial charge in [-0.15, -0.1) is 0 Å². The molecule has 8 heteroatoms. The molecule has 0 saturated carbocycles. The van der Waals surface area contributed by atoms with Gasteiger partial charge in [-0.1, -0.05) is 6.07 Å². The lowest BCUT2D eigenvalue weighted by atomic mass is 10.1. The number of hydrogen-bond acceptors (Lipinski definition) is 3. The molecule has 0 atom stereocenters. The van der Waals surface area contributed by atoms with E-state index in [4.69, 9.17) is 17.6 Å². The second kappa shape index (κ2) is 8.29. The molecule has 2 rings (SSSR count). The van der Waals surface area contributed by atoms with Gasteiger partial charge in [-0.3, -0.25) is 4.79 Å². The molecular formula is C17H16F2N4OS. The van der Waals surface area contributed by atoms with Gasteiger partial charge in [0, 0.05) is 24.6 Å². The van der Waals surface area contributed by atoms with Crippen LogP contribution in [0.3, 0.4) is 0 Å². The maximum absolute atomic E-state index is 13.9. The Kier molecular flexibility index (Phi) is 6.13. The summed E-state index contributed by atoms with van der Waals surface area (Å²) >= 11 is 5.15. The lowest BCUT2D eigenvalue weighted by Gasteiger charge is -2.13. The number of carbonyl (C=O) groups excluding carboxylic acids is 1. The summed E-state index contributed by atoms with van der Waals surface area (Å²) in [5.74, 6) is -1.20. The Hall–Kier alpha value is -2.87. The molecule has 0 bridgehead atoms. The smallest absolute Gasteiger partial charge is 0.253 e. The fourth-order valence-corrected chi connectivity index (χ4v) is 2.38. The number of amides is 1. The van der Waals surface area contributed by atoms with Crippen molar-refractivity contribution in [2.45, 2.75) is 6.67 Å². The van der Waals surface area contributed by atoms with Crippen molar-refractivity contribution in [2.75, 3.05) is 17.7 Å². The van der Waals surface area contributed by atoms with E-state index < -0.39 is 18.4 Å². The SMILES string of the molecule is CNC(=O)c1ccc(NC(=S)Nc2ccc(C=N)c(CF)c2)cc1F. The van der Waals surface area contributed by atoms with Crippen LogP contribution in [0.25, 0.3) is 0 Å². The molecule has 0 aromatic heterocycles. The van der Waals surface area contributed by atoms with Crippen LogP contribution in [0.2, 0.25) is 0 Å². The van der Waals surface area contributed by atoms with E-state index in [-0.39, 0.29) is 10.7 Å². The normalized spacial score (nSPS) is 10.0. The number of nitrogens with one attached hydrogen (secondary N) is 4. The van der Waals surface area contributed by atoms with Gasteiger partial charge in [-0.05, 0) is 53.7 Å². The summed E-state index contributed by atoms with van der Waals surface area (Å²) in [5, 5.41) is 15.4. The van der Waals surface area contributed by atoms with E-state index in [1.54, 1.807) is 18.2 Å². The molecule has 5 nitrogen and oxygen atoms in total. The summed E-state index contributed by atoms with van der Waals surface area (Å²) in [6.07, 6.45) is 1.08. The van der Waals surface area contributed by atoms with E-state index >= 15 is 0 Å². The fourth-order valence-electron chi connectivity index (χ4n) is 2.15. The molecule has 130 valence electrons. The molecule has 1 amide bonds. The summed E-state index contributed by atoms with van der Waals surface area (Å²) in [4.78, 5) is 11.5. The van der Waals surface area contributed by atoms with Crippen molar-refractivity contribution >= 4 is 40.8 Å². The molecule has 0 radical (unpaired) electrons. The minimum Gasteiger partial charge on any atom is -0.355 e. The van der Waals surface area contributed by atoms with E-state index in [0.29, 0.717) is 22.5 Å². The molecule has 0 unspecified atom stereocenters. The molecule has 0 aliphatic carbocycles. The van der Waals surface area contributed by atoms with Crippen LogP contribution in [0.4, 0.5) is 20.2 Å². The van der Waals surface area contributed by atoms with Crippen molar-refractivity contribution in [3.05, 3.63) is 58.9 Å². The zero-order chi connectivity index (χ0) is 18.4. The zero-order valence-corrected chi connectivity index (χ0v) is 14.1. The van der Waals surface area contributed by atoms with E-state index in [1.807, 2.05) is 0 Å². The average molecular weight is 362 g/mol. The summed E-state index contributed by atoms with van der Waals surface area (Å²) in [6, 6.07) is 8.83. The quantitative estimate of drug-likeness (QED) is 0.485. The Morgan fingerprint density at radius 1 is 1.20 bits per heavy atom. The first-order valence-electron chi connectivity index (χ1n) is 7.27. The lowest BCUT2D eigenvalue weighted by molar-refractivity contribution is 0.0959. The van der Waals surface area contributed by atoms with Gasteiger partial charge in [0.1, 0.15) is 12.5 Å². The van der Waals surface area contributed by atoms with Crippen LogP contribution in [-0.4, -0.2) is 24.3 Å². The van der Waals surface area contributed by atoms with Crippen LogP contribution in [0.15, 0.2) is 36.4 Å². The Bertz CT molecular complexity index is 826. The molecular weight excluding hydrogens is 346 g/mol. The largest absolute Gasteiger partial charge is 0.355 e. The number of benzene rings is 2. The van der Waals surface area contributed by atoms with Crippen LogP contribution in [0, 0.1) is 11.2 Å². The molecule has 2 aromatic rings. The third-order valence-electron chi connectivity index (χ3n) is 3.40. The summed E-state index contributed by atoms with van der Waals surface area (Å²) in [6.45, 7) is -0.702. The van der Waals surface area contributed by atoms with Gasteiger partial charge in [-0.2, -0.15) is 0 Å². The van der Waals surface area contributed by atoms with Crippen molar-refractivity contribution < 1.29 is 13.6 Å². The monoisotopic (exact) mass is 362 g/mol. The van der Waals surface area contributed by atoms with Crippen LogP contribution < -0.4 is 16.0 Å². The fraction of sp³-hybridized carbons (Fsp3) is 0.118. The van der Waals surface area contributed by atoms with Crippen LogP contribution in [-0.2, 0) is 6.67 Å². The van der Waals surface area contributed by atoms with E-state index in [1.165, 1.54) is 19.2 Å². The highest BCUT2D eigenvalue weighted by Gasteiger charge is 2.11. The van der Waals surface area contributed by atoms with Crippen molar-refractivity contribution in [2.24, 2.45) is 0 Å². The van der Waals surface area contributed by atoms with Gasteiger partial charge >= 0.3 is 0 Å². The number of halogens is 2. The zero-order valence-electron chi connectivity index (χ0n) is 13.3. The van der Waals surface area contributed by atoms with Crippen molar-refractivity contribution in [1.29, 1.82) is 5.41 Å². The molecule has 0 aliphatic rings. The van der Waals surface area contributed by atoms with E-state index in [9.17, 15) is 13.6 Å². The molecule has 0 heterocycles. The highest BCUT2D eigenvalue weighted by Crippen LogP contribution is 2.18. The van der Waals surface area contributed by atoms with Gasteiger partial charge in [0.05, 0.1) is 5.56 Å². The van der Waals surface area contributed by atoms with Gasteiger partial charge in [-0.25, -0.2) is 8.78 Å². The number of hydrogen-bond donors (Lipinski definition) is 4. The lowest BCUT2D eigenvalue weighted by Crippen LogP contribution is -2.21. The Morgan fingerprint density at radius 2 is 1.84 bits per heavy atom. The van der Waals surface area contributed by atoms with Gasteiger partial charge in [0.15, 0.2) is 5.11 Å². The minimum absolute atomic E-state index is 0.0678. The Labute approximate surface area is 148 Å². The van der Waals surface area contributed by atoms with Gasteiger partial charge in [0.2, 0.25) is 0 Å². The van der Waals surface area contributed by atoms with E-state index in [2.05, 4.69) is 16.0 Å². The Morgan fingerprint density at radius 3 is 2.40 bits per heavy atom. The van der Waals surface area contributed by atoms with Crippen LogP contribution >= 0.6 is 12.2 Å². The van der Waals surface area contributed by atoms with Crippen molar-refractivity contribution in [3.63, 3.8) is 0 Å². The van der Waals surface area contributed by atoms with E-state index in [0.717, 1.165) is 12.3 Å². The molecule has 2 aromatic carbocycles. The van der Waals surface area contributed by atoms with Gasteiger partial charge in [0.25, 0.3) is 5.91 Å². The first kappa shape index (κ1) is 18.5. The number of rotatable bonds is 5. The standard InChI is InChI=1S/C17H16F2N4OS/c1-21-16(24)14-5-4-13(7-15(14)19)23-17(25)22-12-3-2-10(9-20)11(6-12)8-18/h2-7,9,20H,8H2,1H3,(H,21,24)(H2,22,23,25). The third-order valence-corrected chi connectivity index (χ3v) is 3.60. The first-order valence-corrected chi connectivity index (χ1v) is 7.68. The molecule has 0 fully saturated rings. The number of thiocarbonyl (C=S) groups is 1. The molecule has 4 N–H and O–H groups in total. The molecule has 0 saturated heterocycles. The highest BCUT2D eigenvalue weighted by atomic mass is 32.1. The minimum atomic E-state index is -0.702. The number of carbonyl (C=O) groups is 1. The van der Waals surface area contributed by atoms with Crippen LogP contribution in [0.1, 0.15) is 21.5 Å². The molecule has 25 heavy (non-hydrogen) atoms. The topological polar surface area (TPSA) is 77.0 Å². The third kappa shape index (κ3) is 4.57. The average Bonchev–Trinajstić information content (AvgIpc) is 2.61. The van der Waals surface area contributed by atoms with Gasteiger partial charge < -0.3 is 21.4 Å². The molecule has 0 spiro atoms. The number of alkyl halides is 1. The second-order valence-corrected chi connectivity index (χ2v) is 5.45. The highest BCUT2D eigenvalue weighted by molar-refractivity contribution is 7.80. The number of anilines is 2. The predicted molar refractivity (Wildman–Crippen MR) is 98.8 cm³/mol. The summed E-state index contributed by atoms with van der Waals surface area (Å²) in [7, 11) is 1.42. The summed E-state index contributed by atoms with van der Waals surface area (Å²) in [5.41, 5.74) is 1.69. The first-order chi connectivity index (χ1) is 12.0. The summed E-state index contributed by atoms with van der Waals surface area (Å²) < 4.78 is 26.9. The van der Waals surface area contributed by atoms with Crippen molar-refractivity contribution in [3.8, 4) is 0 Å². The second-order valence-electron chi connectivity index (χ2n) is 5.04. The molecule has 0 aliphatic heterocycles. The Balaban J connectivity index is 2.09.